The third-order valence-electron chi connectivity index (χ3n) is 4.63. The maximum atomic E-state index is 3.81. The van der Waals surface area contributed by atoms with Gasteiger partial charge in [-0.1, -0.05) is 53.4 Å². The first-order chi connectivity index (χ1) is 8.16. The first-order valence-electron chi connectivity index (χ1n) is 7.89. The van der Waals surface area contributed by atoms with E-state index in [0.717, 1.165) is 12.0 Å². The van der Waals surface area contributed by atoms with Crippen LogP contribution in [0.1, 0.15) is 79.1 Å². The Bertz CT molecular complexity index is 196. The molecule has 1 aliphatic carbocycles. The molecule has 1 heteroatoms. The van der Waals surface area contributed by atoms with Gasteiger partial charge in [0.05, 0.1) is 0 Å². The highest BCUT2D eigenvalue weighted by Gasteiger charge is 2.44. The van der Waals surface area contributed by atoms with Crippen LogP contribution in [-0.2, 0) is 0 Å². The minimum atomic E-state index is 0.634. The van der Waals surface area contributed by atoms with Crippen molar-refractivity contribution in [2.24, 2.45) is 11.3 Å². The molecule has 0 heterocycles. The smallest absolute Gasteiger partial charge is 0.0123 e. The zero-order valence-corrected chi connectivity index (χ0v) is 12.5. The van der Waals surface area contributed by atoms with E-state index >= 15 is 0 Å². The van der Waals surface area contributed by atoms with E-state index < -0.39 is 0 Å². The van der Waals surface area contributed by atoms with Crippen LogP contribution >= 0.6 is 0 Å². The molecule has 0 aromatic carbocycles. The quantitative estimate of drug-likeness (QED) is 0.579. The van der Waals surface area contributed by atoms with Crippen LogP contribution in [0.2, 0.25) is 0 Å². The SMILES string of the molecule is CCCCC(CC)CC(NCCC)C1(C)CC1. The fourth-order valence-corrected chi connectivity index (χ4v) is 2.79. The van der Waals surface area contributed by atoms with Gasteiger partial charge in [-0.15, -0.1) is 0 Å². The monoisotopic (exact) mass is 239 g/mol. The molecule has 0 amide bonds. The van der Waals surface area contributed by atoms with E-state index in [1.807, 2.05) is 0 Å². The molecule has 0 aliphatic heterocycles. The molecule has 0 spiro atoms. The highest BCUT2D eigenvalue weighted by atomic mass is 14.9. The predicted octanol–water partition coefficient (Wildman–Crippen LogP) is 4.76. The lowest BCUT2D eigenvalue weighted by Gasteiger charge is -2.29. The number of nitrogens with one attached hydrogen (secondary N) is 1. The summed E-state index contributed by atoms with van der Waals surface area (Å²) in [6.45, 7) is 10.6. The molecule has 0 aromatic heterocycles. The van der Waals surface area contributed by atoms with Gasteiger partial charge in [-0.3, -0.25) is 0 Å². The van der Waals surface area contributed by atoms with Crippen molar-refractivity contribution in [2.75, 3.05) is 6.54 Å². The molecule has 0 radical (unpaired) electrons. The van der Waals surface area contributed by atoms with Crippen LogP contribution in [-0.4, -0.2) is 12.6 Å². The Morgan fingerprint density at radius 3 is 2.29 bits per heavy atom. The van der Waals surface area contributed by atoms with Crippen molar-refractivity contribution in [1.29, 1.82) is 0 Å². The summed E-state index contributed by atoms with van der Waals surface area (Å²) in [5.41, 5.74) is 0.634. The van der Waals surface area contributed by atoms with Crippen molar-refractivity contribution in [3.63, 3.8) is 0 Å². The molecular weight excluding hydrogens is 206 g/mol. The van der Waals surface area contributed by atoms with Gasteiger partial charge in [0.2, 0.25) is 0 Å². The lowest BCUT2D eigenvalue weighted by Crippen LogP contribution is -2.38. The first kappa shape index (κ1) is 15.0. The maximum absolute atomic E-state index is 3.81. The second-order valence-corrected chi connectivity index (χ2v) is 6.31. The summed E-state index contributed by atoms with van der Waals surface area (Å²) >= 11 is 0. The topological polar surface area (TPSA) is 12.0 Å². The summed E-state index contributed by atoms with van der Waals surface area (Å²) < 4.78 is 0. The van der Waals surface area contributed by atoms with Gasteiger partial charge in [-0.25, -0.2) is 0 Å². The van der Waals surface area contributed by atoms with Gasteiger partial charge < -0.3 is 5.32 Å². The van der Waals surface area contributed by atoms with E-state index in [0.29, 0.717) is 5.41 Å². The third-order valence-corrected chi connectivity index (χ3v) is 4.63. The van der Waals surface area contributed by atoms with Crippen molar-refractivity contribution in [3.8, 4) is 0 Å². The largest absolute Gasteiger partial charge is 0.313 e. The fraction of sp³-hybridized carbons (Fsp3) is 1.00. The van der Waals surface area contributed by atoms with Crippen molar-refractivity contribution in [3.05, 3.63) is 0 Å². The molecule has 2 unspecified atom stereocenters. The molecule has 1 fully saturated rings. The molecule has 2 atom stereocenters. The highest BCUT2D eigenvalue weighted by molar-refractivity contribution is 4.99. The summed E-state index contributed by atoms with van der Waals surface area (Å²) in [5, 5.41) is 3.81. The Morgan fingerprint density at radius 2 is 1.82 bits per heavy atom. The second-order valence-electron chi connectivity index (χ2n) is 6.31. The zero-order valence-electron chi connectivity index (χ0n) is 12.5. The maximum Gasteiger partial charge on any atom is 0.0123 e. The molecule has 1 rings (SSSR count). The van der Waals surface area contributed by atoms with Crippen LogP contribution in [0.3, 0.4) is 0 Å². The Kier molecular flexibility index (Phi) is 6.54. The third kappa shape index (κ3) is 4.99. The van der Waals surface area contributed by atoms with Crippen molar-refractivity contribution < 1.29 is 0 Å². The number of hydrogen-bond donors (Lipinski definition) is 1. The van der Waals surface area contributed by atoms with Crippen LogP contribution in [0, 0.1) is 11.3 Å². The zero-order chi connectivity index (χ0) is 12.7. The van der Waals surface area contributed by atoms with Crippen LogP contribution in [0.5, 0.6) is 0 Å². The number of hydrogen-bond acceptors (Lipinski definition) is 1. The molecule has 1 N–H and O–H groups in total. The summed E-state index contributed by atoms with van der Waals surface area (Å²) in [6, 6.07) is 0.782. The van der Waals surface area contributed by atoms with Crippen LogP contribution in [0.4, 0.5) is 0 Å². The van der Waals surface area contributed by atoms with Gasteiger partial charge in [-0.2, -0.15) is 0 Å². The van der Waals surface area contributed by atoms with Gasteiger partial charge in [0, 0.05) is 6.04 Å². The van der Waals surface area contributed by atoms with Gasteiger partial charge in [0.15, 0.2) is 0 Å². The minimum absolute atomic E-state index is 0.634. The van der Waals surface area contributed by atoms with Crippen LogP contribution in [0.15, 0.2) is 0 Å². The average molecular weight is 239 g/mol. The minimum Gasteiger partial charge on any atom is -0.313 e. The van der Waals surface area contributed by atoms with Gasteiger partial charge in [-0.05, 0) is 43.6 Å². The summed E-state index contributed by atoms with van der Waals surface area (Å²) in [5.74, 6) is 0.946. The predicted molar refractivity (Wildman–Crippen MR) is 77.3 cm³/mol. The summed E-state index contributed by atoms with van der Waals surface area (Å²) in [4.78, 5) is 0. The van der Waals surface area contributed by atoms with E-state index in [1.54, 1.807) is 0 Å². The average Bonchev–Trinajstić information content (AvgIpc) is 3.07. The van der Waals surface area contributed by atoms with E-state index in [9.17, 15) is 0 Å². The normalized spacial score (nSPS) is 21.2. The molecule has 1 aliphatic rings. The Morgan fingerprint density at radius 1 is 1.12 bits per heavy atom. The molecule has 17 heavy (non-hydrogen) atoms. The molecule has 0 aromatic rings. The lowest BCUT2D eigenvalue weighted by molar-refractivity contribution is 0.273. The second kappa shape index (κ2) is 7.41. The molecular formula is C16H33N. The number of unbranched alkanes of at least 4 members (excludes halogenated alkanes) is 1. The van der Waals surface area contributed by atoms with Crippen LogP contribution < -0.4 is 5.32 Å². The Hall–Kier alpha value is -0.0400. The standard InChI is InChI=1S/C16H33N/c1-5-8-9-14(7-3)13-15(17-12-6-2)16(4)10-11-16/h14-15,17H,5-13H2,1-4H3. The Labute approximate surface area is 109 Å². The number of rotatable bonds is 10. The summed E-state index contributed by atoms with van der Waals surface area (Å²) in [7, 11) is 0. The van der Waals surface area contributed by atoms with Crippen molar-refractivity contribution in [2.45, 2.75) is 85.1 Å². The van der Waals surface area contributed by atoms with Gasteiger partial charge in [0.1, 0.15) is 0 Å². The van der Waals surface area contributed by atoms with E-state index in [-0.39, 0.29) is 0 Å². The van der Waals surface area contributed by atoms with Crippen molar-refractivity contribution >= 4 is 0 Å². The van der Waals surface area contributed by atoms with Crippen LogP contribution in [0.25, 0.3) is 0 Å². The lowest BCUT2D eigenvalue weighted by atomic mass is 9.85. The van der Waals surface area contributed by atoms with Gasteiger partial charge in [0.25, 0.3) is 0 Å². The van der Waals surface area contributed by atoms with Crippen molar-refractivity contribution in [1.82, 2.24) is 5.32 Å². The summed E-state index contributed by atoms with van der Waals surface area (Å²) in [6.07, 6.45) is 11.1. The molecule has 1 saturated carbocycles. The fourth-order valence-electron chi connectivity index (χ4n) is 2.79. The molecule has 102 valence electrons. The molecule has 1 nitrogen and oxygen atoms in total. The molecule has 0 bridgehead atoms. The van der Waals surface area contributed by atoms with E-state index in [2.05, 4.69) is 33.0 Å². The Balaban J connectivity index is 2.40. The van der Waals surface area contributed by atoms with E-state index in [4.69, 9.17) is 0 Å². The van der Waals surface area contributed by atoms with E-state index in [1.165, 1.54) is 57.9 Å². The highest BCUT2D eigenvalue weighted by Crippen LogP contribution is 2.50. The van der Waals surface area contributed by atoms with Gasteiger partial charge >= 0.3 is 0 Å². The first-order valence-corrected chi connectivity index (χ1v) is 7.89. The molecule has 0 saturated heterocycles.